The van der Waals surface area contributed by atoms with Gasteiger partial charge in [-0.1, -0.05) is 31.9 Å². The first kappa shape index (κ1) is 17.9. The molecule has 0 aromatic heterocycles. The van der Waals surface area contributed by atoms with Gasteiger partial charge in [0.15, 0.2) is 0 Å². The van der Waals surface area contributed by atoms with Crippen molar-refractivity contribution in [3.8, 4) is 0 Å². The topological polar surface area (TPSA) is 57.5 Å². The summed E-state index contributed by atoms with van der Waals surface area (Å²) >= 11 is 0. The number of aliphatic hydroxyl groups is 1. The summed E-state index contributed by atoms with van der Waals surface area (Å²) < 4.78 is 0. The summed E-state index contributed by atoms with van der Waals surface area (Å²) in [6.07, 6.45) is 8.67. The van der Waals surface area contributed by atoms with Gasteiger partial charge < -0.3 is 10.2 Å². The second kappa shape index (κ2) is 8.92. The summed E-state index contributed by atoms with van der Waals surface area (Å²) in [6, 6.07) is 0. The number of carboxylic acids is 1. The van der Waals surface area contributed by atoms with Crippen LogP contribution < -0.4 is 0 Å². The minimum absolute atomic E-state index is 0.343. The molecule has 0 aromatic rings. The largest absolute Gasteiger partial charge is 0.478 e. The molecule has 19 heavy (non-hydrogen) atoms. The second-order valence-corrected chi connectivity index (χ2v) is 5.75. The molecule has 0 fully saturated rings. The van der Waals surface area contributed by atoms with Crippen molar-refractivity contribution in [2.24, 2.45) is 5.92 Å². The summed E-state index contributed by atoms with van der Waals surface area (Å²) in [5.41, 5.74) is -0.362. The van der Waals surface area contributed by atoms with Gasteiger partial charge in [-0.2, -0.15) is 0 Å². The Bertz CT molecular complexity index is 316. The van der Waals surface area contributed by atoms with Gasteiger partial charge in [-0.15, -0.1) is 6.58 Å². The molecule has 0 rings (SSSR count). The lowest BCUT2D eigenvalue weighted by molar-refractivity contribution is -0.132. The van der Waals surface area contributed by atoms with E-state index in [1.165, 1.54) is 0 Å². The lowest BCUT2D eigenvalue weighted by Gasteiger charge is -2.23. The van der Waals surface area contributed by atoms with Gasteiger partial charge in [0.05, 0.1) is 5.60 Å². The minimum Gasteiger partial charge on any atom is -0.478 e. The van der Waals surface area contributed by atoms with E-state index in [9.17, 15) is 9.90 Å². The summed E-state index contributed by atoms with van der Waals surface area (Å²) in [4.78, 5) is 10.6. The van der Waals surface area contributed by atoms with E-state index in [0.717, 1.165) is 25.7 Å². The molecule has 0 aliphatic heterocycles. The molecule has 2 unspecified atom stereocenters. The smallest absolute Gasteiger partial charge is 0.330 e. The molecule has 0 heterocycles. The molecule has 0 amide bonds. The fourth-order valence-corrected chi connectivity index (χ4v) is 2.05. The lowest BCUT2D eigenvalue weighted by atomic mass is 9.90. The Balaban J connectivity index is 3.95. The molecule has 3 nitrogen and oxygen atoms in total. The highest BCUT2D eigenvalue weighted by molar-refractivity contribution is 5.85. The van der Waals surface area contributed by atoms with E-state index in [1.54, 1.807) is 13.0 Å². The van der Waals surface area contributed by atoms with Crippen LogP contribution in [0.2, 0.25) is 0 Å². The number of aliphatic carboxylic acids is 1. The normalized spacial score (nSPS) is 16.7. The summed E-state index contributed by atoms with van der Waals surface area (Å²) in [5, 5.41) is 18.9. The van der Waals surface area contributed by atoms with Gasteiger partial charge in [-0.05, 0) is 45.4 Å². The minimum atomic E-state index is -0.891. The maximum atomic E-state index is 10.6. The van der Waals surface area contributed by atoms with Crippen LogP contribution in [0.3, 0.4) is 0 Å². The van der Waals surface area contributed by atoms with E-state index in [0.29, 0.717) is 24.3 Å². The third kappa shape index (κ3) is 9.48. The lowest BCUT2D eigenvalue weighted by Crippen LogP contribution is -2.23. The number of rotatable bonds is 10. The van der Waals surface area contributed by atoms with Crippen molar-refractivity contribution in [1.29, 1.82) is 0 Å². The van der Waals surface area contributed by atoms with E-state index in [-0.39, 0.29) is 0 Å². The van der Waals surface area contributed by atoms with Gasteiger partial charge in [0.1, 0.15) is 0 Å². The highest BCUT2D eigenvalue weighted by Crippen LogP contribution is 2.22. The Morgan fingerprint density at radius 2 is 2.05 bits per heavy atom. The van der Waals surface area contributed by atoms with E-state index in [2.05, 4.69) is 13.5 Å². The Morgan fingerprint density at radius 3 is 2.58 bits per heavy atom. The number of allylic oxidation sites excluding steroid dienone is 2. The molecule has 0 bridgehead atoms. The van der Waals surface area contributed by atoms with Crippen molar-refractivity contribution in [2.75, 3.05) is 0 Å². The van der Waals surface area contributed by atoms with Crippen molar-refractivity contribution in [3.05, 3.63) is 24.3 Å². The van der Waals surface area contributed by atoms with Crippen LogP contribution in [0.4, 0.5) is 0 Å². The molecule has 0 aromatic carbocycles. The average Bonchev–Trinajstić information content (AvgIpc) is 2.28. The van der Waals surface area contributed by atoms with E-state index in [4.69, 9.17) is 5.11 Å². The first-order chi connectivity index (χ1) is 8.78. The molecule has 0 saturated carbocycles. The molecule has 2 N–H and O–H groups in total. The van der Waals surface area contributed by atoms with Crippen LogP contribution in [0.15, 0.2) is 24.3 Å². The molecule has 0 aliphatic carbocycles. The van der Waals surface area contributed by atoms with Gasteiger partial charge in [-0.3, -0.25) is 0 Å². The zero-order chi connectivity index (χ0) is 14.9. The Kier molecular flexibility index (Phi) is 8.41. The average molecular weight is 268 g/mol. The predicted molar refractivity (Wildman–Crippen MR) is 79.1 cm³/mol. The Hall–Kier alpha value is -1.09. The van der Waals surface area contributed by atoms with Crippen molar-refractivity contribution in [3.63, 3.8) is 0 Å². The summed E-state index contributed by atoms with van der Waals surface area (Å²) in [7, 11) is 0. The quantitative estimate of drug-likeness (QED) is 0.466. The van der Waals surface area contributed by atoms with Crippen molar-refractivity contribution < 1.29 is 15.0 Å². The molecule has 110 valence electrons. The van der Waals surface area contributed by atoms with Crippen LogP contribution in [0.1, 0.15) is 59.3 Å². The summed E-state index contributed by atoms with van der Waals surface area (Å²) in [5.74, 6) is -0.277. The second-order valence-electron chi connectivity index (χ2n) is 5.75. The van der Waals surface area contributed by atoms with Crippen molar-refractivity contribution in [2.45, 2.75) is 64.9 Å². The zero-order valence-corrected chi connectivity index (χ0v) is 12.5. The maximum Gasteiger partial charge on any atom is 0.330 e. The van der Waals surface area contributed by atoms with Crippen LogP contribution in [0.5, 0.6) is 0 Å². The highest BCUT2D eigenvalue weighted by atomic mass is 16.4. The monoisotopic (exact) mass is 268 g/mol. The molecule has 0 aliphatic rings. The summed E-state index contributed by atoms with van der Waals surface area (Å²) in [6.45, 7) is 9.32. The Morgan fingerprint density at radius 1 is 1.42 bits per heavy atom. The molecule has 0 radical (unpaired) electrons. The third-order valence-corrected chi connectivity index (χ3v) is 3.45. The van der Waals surface area contributed by atoms with Gasteiger partial charge in [0, 0.05) is 5.57 Å². The molecule has 3 heteroatoms. The fraction of sp³-hybridized carbons (Fsp3) is 0.688. The van der Waals surface area contributed by atoms with Gasteiger partial charge in [-0.25, -0.2) is 4.79 Å². The molecular weight excluding hydrogens is 240 g/mol. The predicted octanol–water partition coefficient (Wildman–Crippen LogP) is 3.93. The standard InChI is InChI=1S/C16H28O3/c1-5-8-13(2)9-6-11-16(4,19)12-7-10-14(3)15(17)18/h5,10,13,19H,1,6-9,11-12H2,2-4H3,(H,17,18)/b14-10+. The number of carbonyl (C=O) groups is 1. The van der Waals surface area contributed by atoms with Crippen molar-refractivity contribution >= 4 is 5.97 Å². The van der Waals surface area contributed by atoms with Crippen LogP contribution in [0.25, 0.3) is 0 Å². The zero-order valence-electron chi connectivity index (χ0n) is 12.5. The Labute approximate surface area is 117 Å². The van der Waals surface area contributed by atoms with E-state index in [1.807, 2.05) is 13.0 Å². The van der Waals surface area contributed by atoms with Crippen LogP contribution in [-0.4, -0.2) is 21.8 Å². The van der Waals surface area contributed by atoms with Crippen LogP contribution >= 0.6 is 0 Å². The van der Waals surface area contributed by atoms with Crippen molar-refractivity contribution in [1.82, 2.24) is 0 Å². The fourth-order valence-electron chi connectivity index (χ4n) is 2.05. The number of hydrogen-bond donors (Lipinski definition) is 2. The third-order valence-electron chi connectivity index (χ3n) is 3.45. The van der Waals surface area contributed by atoms with Gasteiger partial charge in [0.25, 0.3) is 0 Å². The molecular formula is C16H28O3. The molecule has 2 atom stereocenters. The number of carboxylic acid groups (broad SMARTS) is 1. The van der Waals surface area contributed by atoms with Gasteiger partial charge >= 0.3 is 5.97 Å². The van der Waals surface area contributed by atoms with E-state index < -0.39 is 11.6 Å². The van der Waals surface area contributed by atoms with Gasteiger partial charge in [0.2, 0.25) is 0 Å². The highest BCUT2D eigenvalue weighted by Gasteiger charge is 2.19. The van der Waals surface area contributed by atoms with Crippen LogP contribution in [0, 0.1) is 5.92 Å². The maximum absolute atomic E-state index is 10.6. The number of hydrogen-bond acceptors (Lipinski definition) is 2. The van der Waals surface area contributed by atoms with E-state index >= 15 is 0 Å². The molecule has 0 spiro atoms. The molecule has 0 saturated heterocycles. The van der Waals surface area contributed by atoms with Crippen LogP contribution in [-0.2, 0) is 4.79 Å². The SMILES string of the molecule is C=CCC(C)CCCC(C)(O)CC/C=C(\C)C(=O)O. The first-order valence-corrected chi connectivity index (χ1v) is 7.02. The first-order valence-electron chi connectivity index (χ1n) is 7.02.